The van der Waals surface area contributed by atoms with Gasteiger partial charge in [-0.15, -0.1) is 0 Å². The summed E-state index contributed by atoms with van der Waals surface area (Å²) in [5.74, 6) is -0.729. The third-order valence-corrected chi connectivity index (χ3v) is 5.00. The normalized spacial score (nSPS) is 12.2. The maximum absolute atomic E-state index is 13.0. The van der Waals surface area contributed by atoms with Crippen molar-refractivity contribution in [1.29, 1.82) is 0 Å². The van der Waals surface area contributed by atoms with Gasteiger partial charge in [-0.2, -0.15) is 26.3 Å². The smallest absolute Gasteiger partial charge is 0.322 e. The van der Waals surface area contributed by atoms with E-state index in [2.05, 4.69) is 10.3 Å². The van der Waals surface area contributed by atoms with Crippen LogP contribution in [-0.4, -0.2) is 15.3 Å². The third-order valence-electron chi connectivity index (χ3n) is 4.72. The van der Waals surface area contributed by atoms with Gasteiger partial charge in [0.15, 0.2) is 5.65 Å². The fraction of sp³-hybridized carbons (Fsp3) is 0.0909. The average Bonchev–Trinajstić information content (AvgIpc) is 3.18. The lowest BCUT2D eigenvalue weighted by molar-refractivity contribution is -0.138. The Morgan fingerprint density at radius 1 is 0.879 bits per heavy atom. The van der Waals surface area contributed by atoms with E-state index >= 15 is 0 Å². The third kappa shape index (κ3) is 4.80. The van der Waals surface area contributed by atoms with Crippen molar-refractivity contribution < 1.29 is 31.1 Å². The van der Waals surface area contributed by atoms with Crippen molar-refractivity contribution in [1.82, 2.24) is 9.38 Å². The highest BCUT2D eigenvalue weighted by molar-refractivity contribution is 6.33. The van der Waals surface area contributed by atoms with Gasteiger partial charge in [0.2, 0.25) is 0 Å². The highest BCUT2D eigenvalue weighted by Crippen LogP contribution is 2.33. The summed E-state index contributed by atoms with van der Waals surface area (Å²) in [6.45, 7) is 0. The number of alkyl halides is 6. The number of imidazole rings is 1. The van der Waals surface area contributed by atoms with Gasteiger partial charge < -0.3 is 9.72 Å². The van der Waals surface area contributed by atoms with Crippen molar-refractivity contribution in [3.63, 3.8) is 0 Å². The SMILES string of the molecule is O=C(Nc1ccc(-c2cn3cc(C(F)(F)F)cc(Cl)c3n2)cc1)c1cccc(C(F)(F)F)c1. The standard InChI is InChI=1S/C22H12ClF6N3O/c23-17-9-15(22(27,28)29)10-32-11-18(31-19(17)32)12-4-6-16(7-5-12)30-20(33)13-2-1-3-14(8-13)21(24,25)26/h1-11H,(H,30,33). The molecule has 4 nitrogen and oxygen atoms in total. The van der Waals surface area contributed by atoms with Crippen molar-refractivity contribution in [2.45, 2.75) is 12.4 Å². The van der Waals surface area contributed by atoms with E-state index in [4.69, 9.17) is 11.6 Å². The maximum atomic E-state index is 13.0. The largest absolute Gasteiger partial charge is 0.417 e. The molecule has 4 rings (SSSR count). The van der Waals surface area contributed by atoms with E-state index < -0.39 is 29.4 Å². The number of pyridine rings is 1. The number of nitrogens with one attached hydrogen (secondary N) is 1. The summed E-state index contributed by atoms with van der Waals surface area (Å²) in [7, 11) is 0. The van der Waals surface area contributed by atoms with Crippen molar-refractivity contribution >= 4 is 28.8 Å². The van der Waals surface area contributed by atoms with E-state index in [1.54, 1.807) is 12.1 Å². The van der Waals surface area contributed by atoms with Gasteiger partial charge in [-0.3, -0.25) is 4.79 Å². The molecule has 0 spiro atoms. The second-order valence-electron chi connectivity index (χ2n) is 7.04. The van der Waals surface area contributed by atoms with E-state index in [9.17, 15) is 31.1 Å². The summed E-state index contributed by atoms with van der Waals surface area (Å²) >= 11 is 5.95. The Kier molecular flexibility index (Phi) is 5.57. The Morgan fingerprint density at radius 2 is 1.55 bits per heavy atom. The van der Waals surface area contributed by atoms with Gasteiger partial charge in [0, 0.05) is 29.2 Å². The number of fused-ring (bicyclic) bond motifs is 1. The second-order valence-corrected chi connectivity index (χ2v) is 7.45. The van der Waals surface area contributed by atoms with Crippen molar-refractivity contribution in [2.75, 3.05) is 5.32 Å². The number of hydrogen-bond acceptors (Lipinski definition) is 2. The van der Waals surface area contributed by atoms with Crippen LogP contribution < -0.4 is 5.32 Å². The van der Waals surface area contributed by atoms with Crippen LogP contribution in [0.3, 0.4) is 0 Å². The minimum absolute atomic E-state index is 0.140. The maximum Gasteiger partial charge on any atom is 0.417 e. The first-order chi connectivity index (χ1) is 15.4. The number of amides is 1. The molecule has 1 amide bonds. The fourth-order valence-corrected chi connectivity index (χ4v) is 3.37. The molecule has 0 aliphatic rings. The molecule has 0 aliphatic carbocycles. The zero-order valence-electron chi connectivity index (χ0n) is 16.3. The quantitative estimate of drug-likeness (QED) is 0.321. The number of rotatable bonds is 3. The van der Waals surface area contributed by atoms with Crippen molar-refractivity contribution in [2.24, 2.45) is 0 Å². The van der Waals surface area contributed by atoms with E-state index in [1.807, 2.05) is 0 Å². The molecule has 4 aromatic rings. The Labute approximate surface area is 187 Å². The van der Waals surface area contributed by atoms with Gasteiger partial charge >= 0.3 is 12.4 Å². The zero-order valence-corrected chi connectivity index (χ0v) is 17.1. The second kappa shape index (κ2) is 8.11. The Morgan fingerprint density at radius 3 is 2.18 bits per heavy atom. The summed E-state index contributed by atoms with van der Waals surface area (Å²) in [5.41, 5.74) is -0.707. The monoisotopic (exact) mass is 483 g/mol. The first-order valence-corrected chi connectivity index (χ1v) is 9.64. The molecule has 1 N–H and O–H groups in total. The molecule has 170 valence electrons. The van der Waals surface area contributed by atoms with E-state index in [-0.39, 0.29) is 16.2 Å². The fourth-order valence-electron chi connectivity index (χ4n) is 3.12. The molecule has 2 aromatic heterocycles. The molecule has 0 saturated carbocycles. The molecule has 11 heteroatoms. The van der Waals surface area contributed by atoms with E-state index in [0.29, 0.717) is 16.9 Å². The first kappa shape index (κ1) is 22.7. The number of anilines is 1. The lowest BCUT2D eigenvalue weighted by atomic mass is 10.1. The van der Waals surface area contributed by atoms with Crippen LogP contribution in [0.5, 0.6) is 0 Å². The van der Waals surface area contributed by atoms with Gasteiger partial charge in [0.1, 0.15) is 0 Å². The molecule has 2 aromatic carbocycles. The summed E-state index contributed by atoms with van der Waals surface area (Å²) in [5, 5.41) is 2.33. The topological polar surface area (TPSA) is 46.4 Å². The van der Waals surface area contributed by atoms with E-state index in [0.717, 1.165) is 30.5 Å². The number of aromatic nitrogens is 2. The summed E-state index contributed by atoms with van der Waals surface area (Å²) < 4.78 is 78.7. The van der Waals surface area contributed by atoms with Crippen molar-refractivity contribution in [3.05, 3.63) is 88.7 Å². The number of carbonyl (C=O) groups is 1. The molecule has 0 atom stereocenters. The lowest BCUT2D eigenvalue weighted by Gasteiger charge is -2.09. The van der Waals surface area contributed by atoms with Crippen LogP contribution >= 0.6 is 11.6 Å². The summed E-state index contributed by atoms with van der Waals surface area (Å²) in [6, 6.07) is 10.9. The Bertz CT molecular complexity index is 1340. The molecule has 33 heavy (non-hydrogen) atoms. The molecule has 0 radical (unpaired) electrons. The zero-order chi connectivity index (χ0) is 24.0. The van der Waals surface area contributed by atoms with Gasteiger partial charge in [-0.1, -0.05) is 29.8 Å². The highest BCUT2D eigenvalue weighted by Gasteiger charge is 2.32. The minimum Gasteiger partial charge on any atom is -0.322 e. The van der Waals surface area contributed by atoms with Crippen LogP contribution in [0.25, 0.3) is 16.9 Å². The van der Waals surface area contributed by atoms with Gasteiger partial charge in [0.05, 0.1) is 21.8 Å². The predicted octanol–water partition coefficient (Wildman–Crippen LogP) is 6.94. The number of halogens is 7. The van der Waals surface area contributed by atoms with Crippen LogP contribution in [0, 0.1) is 0 Å². The Balaban J connectivity index is 1.56. The molecular weight excluding hydrogens is 472 g/mol. The molecule has 0 aliphatic heterocycles. The highest BCUT2D eigenvalue weighted by atomic mass is 35.5. The molecule has 2 heterocycles. The molecular formula is C22H12ClF6N3O. The number of carbonyl (C=O) groups excluding carboxylic acids is 1. The number of benzene rings is 2. The van der Waals surface area contributed by atoms with Crippen LogP contribution in [-0.2, 0) is 12.4 Å². The average molecular weight is 484 g/mol. The molecule has 0 fully saturated rings. The number of hydrogen-bond donors (Lipinski definition) is 1. The number of nitrogens with zero attached hydrogens (tertiary/aromatic N) is 2. The first-order valence-electron chi connectivity index (χ1n) is 9.26. The van der Waals surface area contributed by atoms with Crippen LogP contribution in [0.2, 0.25) is 5.02 Å². The van der Waals surface area contributed by atoms with Crippen LogP contribution in [0.4, 0.5) is 32.0 Å². The summed E-state index contributed by atoms with van der Waals surface area (Å²) in [4.78, 5) is 16.6. The molecule has 0 unspecified atom stereocenters. The molecule has 0 bridgehead atoms. The van der Waals surface area contributed by atoms with E-state index in [1.165, 1.54) is 28.8 Å². The summed E-state index contributed by atoms with van der Waals surface area (Å²) in [6.07, 6.45) is -6.88. The van der Waals surface area contributed by atoms with Gasteiger partial charge in [-0.25, -0.2) is 4.98 Å². The molecule has 0 saturated heterocycles. The predicted molar refractivity (Wildman–Crippen MR) is 110 cm³/mol. The lowest BCUT2D eigenvalue weighted by Crippen LogP contribution is -2.13. The van der Waals surface area contributed by atoms with Gasteiger partial charge in [0.25, 0.3) is 5.91 Å². The van der Waals surface area contributed by atoms with Gasteiger partial charge in [-0.05, 0) is 36.4 Å². The minimum atomic E-state index is -4.57. The van der Waals surface area contributed by atoms with Crippen LogP contribution in [0.15, 0.2) is 67.0 Å². The van der Waals surface area contributed by atoms with Crippen molar-refractivity contribution in [3.8, 4) is 11.3 Å². The Hall–Kier alpha value is -3.53. The van der Waals surface area contributed by atoms with Crippen LogP contribution in [0.1, 0.15) is 21.5 Å².